The molecule has 19 heavy (non-hydrogen) atoms. The van der Waals surface area contributed by atoms with Crippen molar-refractivity contribution in [3.63, 3.8) is 0 Å². The second kappa shape index (κ2) is 6.45. The first kappa shape index (κ1) is 13.7. The van der Waals surface area contributed by atoms with Crippen molar-refractivity contribution in [2.24, 2.45) is 0 Å². The van der Waals surface area contributed by atoms with E-state index < -0.39 is 6.10 Å². The zero-order valence-electron chi connectivity index (χ0n) is 11.4. The van der Waals surface area contributed by atoms with Gasteiger partial charge < -0.3 is 5.11 Å². The number of hydrogen-bond acceptors (Lipinski definition) is 3. The zero-order valence-corrected chi connectivity index (χ0v) is 11.4. The van der Waals surface area contributed by atoms with Crippen molar-refractivity contribution in [3.8, 4) is 0 Å². The van der Waals surface area contributed by atoms with Crippen molar-refractivity contribution in [2.75, 3.05) is 7.05 Å². The molecule has 0 saturated carbocycles. The van der Waals surface area contributed by atoms with E-state index in [1.54, 1.807) is 6.20 Å². The Balaban J connectivity index is 2.01. The van der Waals surface area contributed by atoms with Gasteiger partial charge in [0.2, 0.25) is 0 Å². The summed E-state index contributed by atoms with van der Waals surface area (Å²) in [6.07, 6.45) is 3.15. The van der Waals surface area contributed by atoms with Crippen LogP contribution in [0.5, 0.6) is 0 Å². The van der Waals surface area contributed by atoms with Crippen molar-refractivity contribution in [1.82, 2.24) is 9.88 Å². The minimum absolute atomic E-state index is 0.0441. The maximum absolute atomic E-state index is 10.4. The molecule has 1 aromatic heterocycles. The summed E-state index contributed by atoms with van der Waals surface area (Å²) in [5, 5.41) is 10.4. The first-order chi connectivity index (χ1) is 9.18. The number of aliphatic hydroxyl groups excluding tert-OH is 1. The average Bonchev–Trinajstić information content (AvgIpc) is 2.47. The van der Waals surface area contributed by atoms with Crippen molar-refractivity contribution in [2.45, 2.75) is 25.6 Å². The minimum Gasteiger partial charge on any atom is -0.387 e. The Morgan fingerprint density at radius 3 is 2.53 bits per heavy atom. The lowest BCUT2D eigenvalue weighted by atomic mass is 10.0. The number of aliphatic hydroxyl groups is 1. The van der Waals surface area contributed by atoms with Crippen LogP contribution in [0.15, 0.2) is 54.9 Å². The van der Waals surface area contributed by atoms with Gasteiger partial charge in [-0.15, -0.1) is 0 Å². The number of nitrogens with zero attached hydrogens (tertiary/aromatic N) is 2. The van der Waals surface area contributed by atoms with Crippen molar-refractivity contribution in [3.05, 3.63) is 66.0 Å². The highest BCUT2D eigenvalue weighted by molar-refractivity contribution is 5.19. The summed E-state index contributed by atoms with van der Waals surface area (Å²) in [7, 11) is 2.02. The molecular formula is C16H20N2O. The van der Waals surface area contributed by atoms with E-state index in [9.17, 15) is 5.11 Å². The summed E-state index contributed by atoms with van der Waals surface area (Å²) in [6.45, 7) is 2.81. The molecule has 3 nitrogen and oxygen atoms in total. The van der Waals surface area contributed by atoms with E-state index in [1.165, 1.54) is 0 Å². The predicted octanol–water partition coefficient (Wildman–Crippen LogP) is 2.64. The van der Waals surface area contributed by atoms with Gasteiger partial charge in [-0.1, -0.05) is 36.4 Å². The van der Waals surface area contributed by atoms with Crippen LogP contribution >= 0.6 is 0 Å². The summed E-state index contributed by atoms with van der Waals surface area (Å²) in [6, 6.07) is 13.8. The molecule has 0 fully saturated rings. The molecule has 0 amide bonds. The molecule has 0 unspecified atom stereocenters. The van der Waals surface area contributed by atoms with Crippen LogP contribution < -0.4 is 0 Å². The van der Waals surface area contributed by atoms with Gasteiger partial charge in [0.1, 0.15) is 0 Å². The number of benzene rings is 1. The van der Waals surface area contributed by atoms with E-state index in [-0.39, 0.29) is 6.04 Å². The Bertz CT molecular complexity index is 487. The molecule has 100 valence electrons. The summed E-state index contributed by atoms with van der Waals surface area (Å²) in [5.74, 6) is 0. The molecule has 0 aliphatic rings. The first-order valence-electron chi connectivity index (χ1n) is 6.50. The minimum atomic E-state index is -0.483. The third kappa shape index (κ3) is 3.63. The van der Waals surface area contributed by atoms with Gasteiger partial charge in [0.05, 0.1) is 6.10 Å². The standard InChI is InChI=1S/C16H20N2O/c1-13(16(19)15-8-4-3-5-9-15)18(2)12-14-7-6-10-17-11-14/h3-11,13,16,19H,12H2,1-2H3/t13-,16+/m1/s1. The van der Waals surface area contributed by atoms with Crippen LogP contribution in [0.2, 0.25) is 0 Å². The van der Waals surface area contributed by atoms with Gasteiger partial charge >= 0.3 is 0 Å². The number of aromatic nitrogens is 1. The molecular weight excluding hydrogens is 236 g/mol. The largest absolute Gasteiger partial charge is 0.387 e. The second-order valence-corrected chi connectivity index (χ2v) is 4.87. The van der Waals surface area contributed by atoms with Gasteiger partial charge in [-0.25, -0.2) is 0 Å². The van der Waals surface area contributed by atoms with Crippen LogP contribution in [0, 0.1) is 0 Å². The third-order valence-electron chi connectivity index (χ3n) is 3.45. The maximum atomic E-state index is 10.4. The second-order valence-electron chi connectivity index (χ2n) is 4.87. The summed E-state index contributed by atoms with van der Waals surface area (Å²) < 4.78 is 0. The van der Waals surface area contributed by atoms with Crippen LogP contribution in [0.25, 0.3) is 0 Å². The fraction of sp³-hybridized carbons (Fsp3) is 0.312. The quantitative estimate of drug-likeness (QED) is 0.893. The number of pyridine rings is 1. The number of hydrogen-bond donors (Lipinski definition) is 1. The van der Waals surface area contributed by atoms with E-state index in [0.717, 1.165) is 17.7 Å². The number of likely N-dealkylation sites (N-methyl/N-ethyl adjacent to an activating group) is 1. The molecule has 0 aliphatic carbocycles. The Labute approximate surface area is 114 Å². The van der Waals surface area contributed by atoms with Crippen LogP contribution in [-0.4, -0.2) is 28.1 Å². The zero-order chi connectivity index (χ0) is 13.7. The van der Waals surface area contributed by atoms with Crippen molar-refractivity contribution < 1.29 is 5.11 Å². The summed E-state index contributed by atoms with van der Waals surface area (Å²) in [5.41, 5.74) is 2.10. The molecule has 3 heteroatoms. The SMILES string of the molecule is C[C@H]([C@H](O)c1ccccc1)N(C)Cc1cccnc1. The van der Waals surface area contributed by atoms with E-state index in [1.807, 2.05) is 62.6 Å². The lowest BCUT2D eigenvalue weighted by Crippen LogP contribution is -2.33. The predicted molar refractivity (Wildman–Crippen MR) is 76.6 cm³/mol. The van der Waals surface area contributed by atoms with Gasteiger partial charge in [-0.2, -0.15) is 0 Å². The summed E-state index contributed by atoms with van der Waals surface area (Å²) >= 11 is 0. The Morgan fingerprint density at radius 1 is 1.16 bits per heavy atom. The highest BCUT2D eigenvalue weighted by atomic mass is 16.3. The van der Waals surface area contributed by atoms with E-state index in [0.29, 0.717) is 0 Å². The van der Waals surface area contributed by atoms with Crippen LogP contribution in [0.3, 0.4) is 0 Å². The fourth-order valence-corrected chi connectivity index (χ4v) is 2.09. The van der Waals surface area contributed by atoms with Gasteiger partial charge in [0.15, 0.2) is 0 Å². The average molecular weight is 256 g/mol. The molecule has 0 aliphatic heterocycles. The van der Waals surface area contributed by atoms with Crippen LogP contribution in [-0.2, 0) is 6.54 Å². The Morgan fingerprint density at radius 2 is 1.89 bits per heavy atom. The van der Waals surface area contributed by atoms with E-state index >= 15 is 0 Å². The van der Waals surface area contributed by atoms with Gasteiger partial charge in [-0.3, -0.25) is 9.88 Å². The molecule has 0 radical (unpaired) electrons. The first-order valence-corrected chi connectivity index (χ1v) is 6.50. The maximum Gasteiger partial charge on any atom is 0.0942 e. The van der Waals surface area contributed by atoms with Crippen LogP contribution in [0.1, 0.15) is 24.2 Å². The molecule has 0 saturated heterocycles. The van der Waals surface area contributed by atoms with E-state index in [4.69, 9.17) is 0 Å². The highest BCUT2D eigenvalue weighted by Crippen LogP contribution is 2.20. The normalized spacial score (nSPS) is 14.3. The smallest absolute Gasteiger partial charge is 0.0942 e. The highest BCUT2D eigenvalue weighted by Gasteiger charge is 2.20. The van der Waals surface area contributed by atoms with Crippen molar-refractivity contribution in [1.29, 1.82) is 0 Å². The molecule has 2 atom stereocenters. The molecule has 1 aromatic carbocycles. The Kier molecular flexibility index (Phi) is 4.66. The Hall–Kier alpha value is -1.71. The van der Waals surface area contributed by atoms with E-state index in [2.05, 4.69) is 9.88 Å². The summed E-state index contributed by atoms with van der Waals surface area (Å²) in [4.78, 5) is 6.24. The van der Waals surface area contributed by atoms with Gasteiger partial charge in [0, 0.05) is 25.0 Å². The molecule has 1 N–H and O–H groups in total. The molecule has 0 spiro atoms. The third-order valence-corrected chi connectivity index (χ3v) is 3.45. The molecule has 2 aromatic rings. The molecule has 2 rings (SSSR count). The lowest BCUT2D eigenvalue weighted by molar-refractivity contribution is 0.0688. The molecule has 0 bridgehead atoms. The fourth-order valence-electron chi connectivity index (χ4n) is 2.09. The topological polar surface area (TPSA) is 36.4 Å². The van der Waals surface area contributed by atoms with Crippen LogP contribution in [0.4, 0.5) is 0 Å². The van der Waals surface area contributed by atoms with Gasteiger partial charge in [-0.05, 0) is 31.2 Å². The van der Waals surface area contributed by atoms with Crippen molar-refractivity contribution >= 4 is 0 Å². The number of rotatable bonds is 5. The molecule has 1 heterocycles. The monoisotopic (exact) mass is 256 g/mol. The lowest BCUT2D eigenvalue weighted by Gasteiger charge is -2.29. The van der Waals surface area contributed by atoms with Gasteiger partial charge in [0.25, 0.3) is 0 Å².